The van der Waals surface area contributed by atoms with E-state index < -0.39 is 11.5 Å². The molecule has 1 atom stereocenters. The van der Waals surface area contributed by atoms with Gasteiger partial charge in [-0.05, 0) is 66.6 Å². The Kier molecular flexibility index (Phi) is 11.1. The van der Waals surface area contributed by atoms with Crippen LogP contribution in [0.5, 0.6) is 0 Å². The first-order valence-electron chi connectivity index (χ1n) is 15.2. The number of aryl methyl sites for hydroxylation is 1. The van der Waals surface area contributed by atoms with Crippen molar-refractivity contribution in [3.05, 3.63) is 92.7 Å². The zero-order valence-corrected chi connectivity index (χ0v) is 27.4. The maximum absolute atomic E-state index is 15.1. The Bertz CT molecular complexity index is 1830. The lowest BCUT2D eigenvalue weighted by atomic mass is 10.00. The van der Waals surface area contributed by atoms with Crippen molar-refractivity contribution in [1.82, 2.24) is 19.5 Å². The molecule has 0 aliphatic carbocycles. The molecule has 0 bridgehead atoms. The summed E-state index contributed by atoms with van der Waals surface area (Å²) in [4.78, 5) is 28.7. The number of aliphatic imine (C=N–C) groups is 1. The minimum atomic E-state index is -0.508. The van der Waals surface area contributed by atoms with E-state index >= 15 is 4.39 Å². The molecule has 6 N–H and O–H groups in total. The molecule has 10 nitrogen and oxygen atoms in total. The van der Waals surface area contributed by atoms with Crippen LogP contribution in [0, 0.1) is 11.7 Å². The summed E-state index contributed by atoms with van der Waals surface area (Å²) in [6.45, 7) is 5.70. The zero-order chi connectivity index (χ0) is 32.6. The van der Waals surface area contributed by atoms with E-state index in [9.17, 15) is 4.79 Å². The monoisotopic (exact) mass is 664 g/mol. The van der Waals surface area contributed by atoms with Crippen LogP contribution in [0.1, 0.15) is 44.2 Å². The molecule has 0 fully saturated rings. The van der Waals surface area contributed by atoms with Gasteiger partial charge in [-0.15, -0.1) is 11.3 Å². The summed E-state index contributed by atoms with van der Waals surface area (Å²) in [5, 5.41) is 6.73. The van der Waals surface area contributed by atoms with E-state index in [-0.39, 0.29) is 17.1 Å². The van der Waals surface area contributed by atoms with Crippen molar-refractivity contribution < 1.29 is 9.13 Å². The maximum Gasteiger partial charge on any atom is 0.354 e. The van der Waals surface area contributed by atoms with Crippen LogP contribution in [0.15, 0.2) is 70.0 Å². The van der Waals surface area contributed by atoms with E-state index in [4.69, 9.17) is 27.8 Å². The lowest BCUT2D eigenvalue weighted by Crippen LogP contribution is -2.26. The van der Waals surface area contributed by atoms with Crippen LogP contribution >= 0.6 is 22.9 Å². The minimum Gasteiger partial charge on any atom is -0.372 e. The molecule has 0 saturated carbocycles. The number of hydrogen-bond donors (Lipinski definition) is 4. The van der Waals surface area contributed by atoms with Gasteiger partial charge in [0.2, 0.25) is 0 Å². The highest BCUT2D eigenvalue weighted by Crippen LogP contribution is 2.31. The number of guanidine groups is 1. The first-order chi connectivity index (χ1) is 22.2. The zero-order valence-electron chi connectivity index (χ0n) is 25.8. The number of nitrogens with zero attached hydrogens (tertiary/aromatic N) is 4. The topological polar surface area (TPSA) is 149 Å². The second kappa shape index (κ2) is 15.4. The molecule has 242 valence electrons. The molecule has 0 amide bonds. The molecule has 3 aromatic heterocycles. The Morgan fingerprint density at radius 2 is 1.98 bits per heavy atom. The van der Waals surface area contributed by atoms with Crippen molar-refractivity contribution in [2.75, 3.05) is 18.4 Å². The van der Waals surface area contributed by atoms with Gasteiger partial charge in [0.15, 0.2) is 16.9 Å². The third-order valence-corrected chi connectivity index (χ3v) is 8.50. The Hall–Kier alpha value is -4.26. The molecule has 0 radical (unpaired) electrons. The second-order valence-corrected chi connectivity index (χ2v) is 12.8. The summed E-state index contributed by atoms with van der Waals surface area (Å²) >= 11 is 7.79. The highest BCUT2D eigenvalue weighted by atomic mass is 35.5. The highest BCUT2D eigenvalue weighted by Gasteiger charge is 2.16. The number of benzene rings is 2. The van der Waals surface area contributed by atoms with E-state index in [1.54, 1.807) is 24.5 Å². The van der Waals surface area contributed by atoms with Gasteiger partial charge in [0, 0.05) is 41.8 Å². The number of halogens is 2. The molecule has 13 heteroatoms. The fourth-order valence-electron chi connectivity index (χ4n) is 5.09. The number of aromatic amines is 1. The predicted octanol–water partition coefficient (Wildman–Crippen LogP) is 6.27. The van der Waals surface area contributed by atoms with Gasteiger partial charge in [-0.25, -0.2) is 14.2 Å². The third-order valence-electron chi connectivity index (χ3n) is 7.49. The molecule has 0 spiro atoms. The summed E-state index contributed by atoms with van der Waals surface area (Å²) in [6.07, 6.45) is 6.76. The number of nitrogens with one attached hydrogen (secondary N) is 2. The Balaban J connectivity index is 1.30. The highest BCUT2D eigenvalue weighted by molar-refractivity contribution is 7.13. The van der Waals surface area contributed by atoms with Crippen LogP contribution in [-0.4, -0.2) is 44.7 Å². The average Bonchev–Trinajstić information content (AvgIpc) is 3.69. The van der Waals surface area contributed by atoms with Crippen molar-refractivity contribution >= 4 is 45.1 Å². The Morgan fingerprint density at radius 3 is 2.70 bits per heavy atom. The lowest BCUT2D eigenvalue weighted by molar-refractivity contribution is 0.0453. The van der Waals surface area contributed by atoms with E-state index in [2.05, 4.69) is 39.1 Å². The third kappa shape index (κ3) is 8.71. The van der Waals surface area contributed by atoms with Gasteiger partial charge in [0.1, 0.15) is 5.65 Å². The number of anilines is 1. The number of ether oxygens (including phenoxy) is 1. The summed E-state index contributed by atoms with van der Waals surface area (Å²) < 4.78 is 22.8. The predicted molar refractivity (Wildman–Crippen MR) is 184 cm³/mol. The number of fused-ring (bicyclic) bond motifs is 1. The molecular weight excluding hydrogens is 627 g/mol. The molecule has 5 rings (SSSR count). The number of hydrogen-bond acceptors (Lipinski definition) is 7. The van der Waals surface area contributed by atoms with E-state index in [1.165, 1.54) is 15.9 Å². The van der Waals surface area contributed by atoms with Gasteiger partial charge in [-0.1, -0.05) is 44.0 Å². The second-order valence-electron chi connectivity index (χ2n) is 11.5. The van der Waals surface area contributed by atoms with E-state index in [0.29, 0.717) is 60.0 Å². The number of H-pyrrole nitrogens is 1. The molecule has 5 aromatic rings. The standard InChI is InChI=1S/C33H38ClFN8O2S/c1-20(2)4-3-5-22-14-26(29(35)27(34)15-22)28-16-23-18-43(33(44)42-30(23)41-28)24-8-6-21(7-9-24)19-45-25(10-11-38-31(36)37)17-40-32-39-12-13-46-32/h6-9,12-16,18,20,25H,3-5,10-11,17,19H2,1-2H3,(H,39,40)(H4,36,37,38)(H,41,42,44)/t25-/m1/s1. The summed E-state index contributed by atoms with van der Waals surface area (Å²) in [5.41, 5.74) is 14.3. The molecule has 0 saturated heterocycles. The van der Waals surface area contributed by atoms with Gasteiger partial charge in [0.25, 0.3) is 0 Å². The summed E-state index contributed by atoms with van der Waals surface area (Å²) in [5.74, 6) is 0.126. The van der Waals surface area contributed by atoms with Gasteiger partial charge in [-0.2, -0.15) is 4.98 Å². The van der Waals surface area contributed by atoms with E-state index in [0.717, 1.165) is 35.5 Å². The molecular formula is C33H38ClFN8O2S. The van der Waals surface area contributed by atoms with Crippen molar-refractivity contribution in [2.24, 2.45) is 22.4 Å². The van der Waals surface area contributed by atoms with Gasteiger partial charge in [-0.3, -0.25) is 9.56 Å². The summed E-state index contributed by atoms with van der Waals surface area (Å²) in [7, 11) is 0. The molecule has 2 aromatic carbocycles. The minimum absolute atomic E-state index is 0.0410. The number of aromatic nitrogens is 4. The number of rotatable bonds is 15. The van der Waals surface area contributed by atoms with Crippen LogP contribution in [0.2, 0.25) is 5.02 Å². The maximum atomic E-state index is 15.1. The van der Waals surface area contributed by atoms with Crippen LogP contribution in [0.4, 0.5) is 9.52 Å². The number of nitrogens with two attached hydrogens (primary N) is 2. The van der Waals surface area contributed by atoms with E-state index in [1.807, 2.05) is 35.7 Å². The fraction of sp³-hybridized carbons (Fsp3) is 0.333. The lowest BCUT2D eigenvalue weighted by Gasteiger charge is -2.18. The quantitative estimate of drug-likeness (QED) is 0.0761. The van der Waals surface area contributed by atoms with Gasteiger partial charge < -0.3 is 26.5 Å². The van der Waals surface area contributed by atoms with Gasteiger partial charge >= 0.3 is 5.69 Å². The van der Waals surface area contributed by atoms with Gasteiger partial charge in [0.05, 0.1) is 29.1 Å². The summed E-state index contributed by atoms with van der Waals surface area (Å²) in [6, 6.07) is 12.8. The first-order valence-corrected chi connectivity index (χ1v) is 16.4. The van der Waals surface area contributed by atoms with Crippen LogP contribution in [-0.2, 0) is 17.8 Å². The average molecular weight is 665 g/mol. The fourth-order valence-corrected chi connectivity index (χ4v) is 5.87. The number of thiazole rings is 1. The molecule has 0 aliphatic rings. The molecule has 46 heavy (non-hydrogen) atoms. The molecule has 0 unspecified atom stereocenters. The largest absolute Gasteiger partial charge is 0.372 e. The Morgan fingerprint density at radius 1 is 1.17 bits per heavy atom. The smallest absolute Gasteiger partial charge is 0.354 e. The SMILES string of the molecule is CC(C)CCCc1cc(Cl)c(F)c(-c2cc3cn(-c4ccc(CO[C@H](CCN=C(N)N)CNc5nccs5)cc4)c(=O)nc3[nH]2)c1. The molecule has 3 heterocycles. The van der Waals surface area contributed by atoms with Crippen LogP contribution in [0.25, 0.3) is 28.0 Å². The normalized spacial score (nSPS) is 12.1. The Labute approximate surface area is 275 Å². The van der Waals surface area contributed by atoms with Crippen LogP contribution < -0.4 is 22.5 Å². The first kappa shape index (κ1) is 33.1. The van der Waals surface area contributed by atoms with Crippen molar-refractivity contribution in [1.29, 1.82) is 0 Å². The van der Waals surface area contributed by atoms with Crippen molar-refractivity contribution in [3.63, 3.8) is 0 Å². The van der Waals surface area contributed by atoms with Crippen LogP contribution in [0.3, 0.4) is 0 Å². The van der Waals surface area contributed by atoms with Crippen molar-refractivity contribution in [2.45, 2.75) is 52.2 Å². The van der Waals surface area contributed by atoms with Crippen molar-refractivity contribution in [3.8, 4) is 16.9 Å². The molecule has 0 aliphatic heterocycles.